The first-order chi connectivity index (χ1) is 8.41. The van der Waals surface area contributed by atoms with Crippen LogP contribution in [0.3, 0.4) is 0 Å². The average Bonchev–Trinajstić information content (AvgIpc) is 2.27. The number of hydrogen-bond donors (Lipinski definition) is 1. The maximum atomic E-state index is 11.3. The van der Waals surface area contributed by atoms with Crippen LogP contribution in [0.25, 0.3) is 0 Å². The molecule has 0 unspecified atom stereocenters. The number of carbonyl (C=O) groups is 1. The molecule has 5 nitrogen and oxygen atoms in total. The van der Waals surface area contributed by atoms with Gasteiger partial charge in [0.2, 0.25) is 15.9 Å². The van der Waals surface area contributed by atoms with Gasteiger partial charge < -0.3 is 5.32 Å². The number of unbranched alkanes of at least 4 members (excludes halogenated alkanes) is 1. The summed E-state index contributed by atoms with van der Waals surface area (Å²) in [5, 5.41) is 2.77. The maximum Gasteiger partial charge on any atom is 0.219 e. The highest BCUT2D eigenvalue weighted by Gasteiger charge is 2.13. The van der Waals surface area contributed by atoms with E-state index >= 15 is 0 Å². The molecule has 0 heterocycles. The van der Waals surface area contributed by atoms with Crippen molar-refractivity contribution < 1.29 is 13.2 Å². The molecule has 0 aromatic carbocycles. The molecule has 0 fully saturated rings. The van der Waals surface area contributed by atoms with E-state index in [-0.39, 0.29) is 5.91 Å². The van der Waals surface area contributed by atoms with Crippen LogP contribution in [0.5, 0.6) is 0 Å². The zero-order valence-corrected chi connectivity index (χ0v) is 12.7. The van der Waals surface area contributed by atoms with Gasteiger partial charge in [0.05, 0.1) is 6.26 Å². The average molecular weight is 299 g/mol. The Hall–Kier alpha value is -0.330. The van der Waals surface area contributed by atoms with Gasteiger partial charge in [-0.3, -0.25) is 4.79 Å². The molecule has 0 aliphatic carbocycles. The van der Waals surface area contributed by atoms with Crippen LogP contribution in [0.4, 0.5) is 0 Å². The molecule has 18 heavy (non-hydrogen) atoms. The molecule has 0 radical (unpaired) electrons. The number of nitrogens with zero attached hydrogens (tertiary/aromatic N) is 1. The Morgan fingerprint density at radius 1 is 1.28 bits per heavy atom. The largest absolute Gasteiger partial charge is 0.356 e. The summed E-state index contributed by atoms with van der Waals surface area (Å²) >= 11 is 5.51. The van der Waals surface area contributed by atoms with Crippen LogP contribution in [0.2, 0.25) is 0 Å². The summed E-state index contributed by atoms with van der Waals surface area (Å²) in [5.74, 6) is 0.579. The SMILES string of the molecule is CCN(CCCNC(=O)CCCCCl)S(C)(=O)=O. The minimum Gasteiger partial charge on any atom is -0.356 e. The van der Waals surface area contributed by atoms with Crippen molar-refractivity contribution in [3.05, 3.63) is 0 Å². The van der Waals surface area contributed by atoms with Gasteiger partial charge in [-0.2, -0.15) is 0 Å². The molecule has 0 saturated carbocycles. The van der Waals surface area contributed by atoms with Crippen molar-refractivity contribution in [1.29, 1.82) is 0 Å². The van der Waals surface area contributed by atoms with Crippen molar-refractivity contribution in [2.24, 2.45) is 0 Å². The van der Waals surface area contributed by atoms with Gasteiger partial charge in [0.1, 0.15) is 0 Å². The van der Waals surface area contributed by atoms with E-state index in [9.17, 15) is 13.2 Å². The molecule has 0 saturated heterocycles. The lowest BCUT2D eigenvalue weighted by molar-refractivity contribution is -0.121. The van der Waals surface area contributed by atoms with Crippen LogP contribution >= 0.6 is 11.6 Å². The Kier molecular flexibility index (Phi) is 9.40. The molecule has 0 aliphatic rings. The predicted molar refractivity (Wildman–Crippen MR) is 74.3 cm³/mol. The Morgan fingerprint density at radius 2 is 1.94 bits per heavy atom. The van der Waals surface area contributed by atoms with Gasteiger partial charge in [-0.1, -0.05) is 6.92 Å². The number of alkyl halides is 1. The summed E-state index contributed by atoms with van der Waals surface area (Å²) < 4.78 is 24.0. The fourth-order valence-electron chi connectivity index (χ4n) is 1.51. The zero-order valence-electron chi connectivity index (χ0n) is 11.1. The molecule has 0 spiro atoms. The van der Waals surface area contributed by atoms with E-state index in [0.717, 1.165) is 12.8 Å². The van der Waals surface area contributed by atoms with E-state index in [1.165, 1.54) is 10.6 Å². The fraction of sp³-hybridized carbons (Fsp3) is 0.909. The lowest BCUT2D eigenvalue weighted by atomic mass is 10.2. The lowest BCUT2D eigenvalue weighted by Crippen LogP contribution is -2.33. The van der Waals surface area contributed by atoms with Crippen LogP contribution in [0.15, 0.2) is 0 Å². The second-order valence-corrected chi connectivity index (χ2v) is 6.46. The molecule has 0 aromatic heterocycles. The quantitative estimate of drug-likeness (QED) is 0.486. The lowest BCUT2D eigenvalue weighted by Gasteiger charge is -2.17. The van der Waals surface area contributed by atoms with Crippen molar-refractivity contribution in [2.45, 2.75) is 32.6 Å². The van der Waals surface area contributed by atoms with Gasteiger partial charge in [-0.25, -0.2) is 12.7 Å². The molecule has 0 bridgehead atoms. The van der Waals surface area contributed by atoms with Crippen molar-refractivity contribution >= 4 is 27.5 Å². The van der Waals surface area contributed by atoms with E-state index < -0.39 is 10.0 Å². The number of hydrogen-bond acceptors (Lipinski definition) is 3. The maximum absolute atomic E-state index is 11.3. The Morgan fingerprint density at radius 3 is 2.44 bits per heavy atom. The third-order valence-electron chi connectivity index (χ3n) is 2.52. The summed E-state index contributed by atoms with van der Waals surface area (Å²) in [7, 11) is -3.13. The van der Waals surface area contributed by atoms with Gasteiger partial charge in [-0.15, -0.1) is 11.6 Å². The summed E-state index contributed by atoms with van der Waals surface area (Å²) in [6.07, 6.45) is 3.94. The second-order valence-electron chi connectivity index (χ2n) is 4.10. The third-order valence-corrected chi connectivity index (χ3v) is 4.16. The topological polar surface area (TPSA) is 66.5 Å². The number of nitrogens with one attached hydrogen (secondary N) is 1. The molecule has 0 aliphatic heterocycles. The van der Waals surface area contributed by atoms with E-state index in [1.54, 1.807) is 6.92 Å². The molecule has 0 aromatic rings. The smallest absolute Gasteiger partial charge is 0.219 e. The van der Waals surface area contributed by atoms with Crippen molar-refractivity contribution in [1.82, 2.24) is 9.62 Å². The number of amides is 1. The molecule has 1 amide bonds. The predicted octanol–water partition coefficient (Wildman–Crippen LogP) is 1.18. The fourth-order valence-corrected chi connectivity index (χ4v) is 2.63. The standard InChI is InChI=1S/C11H23ClN2O3S/c1-3-14(18(2,16)17)10-6-9-13-11(15)7-4-5-8-12/h3-10H2,1-2H3,(H,13,15). The van der Waals surface area contributed by atoms with Crippen molar-refractivity contribution in [3.8, 4) is 0 Å². The van der Waals surface area contributed by atoms with E-state index in [2.05, 4.69) is 5.32 Å². The summed E-state index contributed by atoms with van der Waals surface area (Å²) in [6, 6.07) is 0. The second kappa shape index (κ2) is 9.58. The first-order valence-corrected chi connectivity index (χ1v) is 8.58. The van der Waals surface area contributed by atoms with Gasteiger partial charge >= 0.3 is 0 Å². The van der Waals surface area contributed by atoms with Crippen LogP contribution in [-0.2, 0) is 14.8 Å². The summed E-state index contributed by atoms with van der Waals surface area (Å²) in [5.41, 5.74) is 0. The van der Waals surface area contributed by atoms with Crippen molar-refractivity contribution in [3.63, 3.8) is 0 Å². The highest BCUT2D eigenvalue weighted by atomic mass is 35.5. The zero-order chi connectivity index (χ0) is 14.0. The number of sulfonamides is 1. The van der Waals surface area contributed by atoms with Crippen LogP contribution in [0, 0.1) is 0 Å². The molecule has 0 atom stereocenters. The molecular weight excluding hydrogens is 276 g/mol. The van der Waals surface area contributed by atoms with E-state index in [1.807, 2.05) is 0 Å². The highest BCUT2D eigenvalue weighted by Crippen LogP contribution is 1.99. The monoisotopic (exact) mass is 298 g/mol. The first-order valence-electron chi connectivity index (χ1n) is 6.19. The molecule has 0 rings (SSSR count). The normalized spacial score (nSPS) is 11.8. The van der Waals surface area contributed by atoms with Gasteiger partial charge in [0.15, 0.2) is 0 Å². The third kappa shape index (κ3) is 8.72. The van der Waals surface area contributed by atoms with Gasteiger partial charge in [0, 0.05) is 31.9 Å². The Labute approximate surface area is 115 Å². The molecule has 1 N–H and O–H groups in total. The molecular formula is C11H23ClN2O3S. The summed E-state index contributed by atoms with van der Waals surface area (Å²) in [6.45, 7) is 3.21. The Bertz CT molecular complexity index is 333. The Balaban J connectivity index is 3.69. The molecule has 7 heteroatoms. The molecule has 108 valence electrons. The van der Waals surface area contributed by atoms with Gasteiger partial charge in [-0.05, 0) is 19.3 Å². The first kappa shape index (κ1) is 17.7. The van der Waals surface area contributed by atoms with Gasteiger partial charge in [0.25, 0.3) is 0 Å². The van der Waals surface area contributed by atoms with E-state index in [4.69, 9.17) is 11.6 Å². The van der Waals surface area contributed by atoms with Crippen LogP contribution in [-0.4, -0.2) is 50.4 Å². The highest BCUT2D eigenvalue weighted by molar-refractivity contribution is 7.88. The number of rotatable bonds is 10. The van der Waals surface area contributed by atoms with E-state index in [0.29, 0.717) is 38.4 Å². The minimum atomic E-state index is -3.13. The number of halogens is 1. The number of carbonyl (C=O) groups excluding carboxylic acids is 1. The minimum absolute atomic E-state index is 0.00233. The summed E-state index contributed by atoms with van der Waals surface area (Å²) in [4.78, 5) is 11.3. The van der Waals surface area contributed by atoms with Crippen LogP contribution in [0.1, 0.15) is 32.6 Å². The van der Waals surface area contributed by atoms with Crippen molar-refractivity contribution in [2.75, 3.05) is 31.8 Å². The van der Waals surface area contributed by atoms with Crippen LogP contribution < -0.4 is 5.32 Å².